The summed E-state index contributed by atoms with van der Waals surface area (Å²) < 4.78 is 0. The molecule has 12 heavy (non-hydrogen) atoms. The maximum Gasteiger partial charge on any atom is 0.136 e. The maximum absolute atomic E-state index is 10.3. The van der Waals surface area contributed by atoms with Crippen molar-refractivity contribution >= 4 is 25.2 Å². The molecular formula is C7H6N2O2S. The first-order chi connectivity index (χ1) is 5.77. The molecule has 0 fully saturated rings. The first-order valence-electron chi connectivity index (χ1n) is 3.19. The van der Waals surface area contributed by atoms with Crippen LogP contribution in [0, 0.1) is 0 Å². The summed E-state index contributed by atoms with van der Waals surface area (Å²) >= 11 is 3.94. The average Bonchev–Trinajstić information content (AvgIpc) is 2.07. The summed E-state index contributed by atoms with van der Waals surface area (Å²) in [6.45, 7) is 0. The van der Waals surface area contributed by atoms with Crippen molar-refractivity contribution in [2.24, 2.45) is 0 Å². The molecule has 0 atom stereocenters. The minimum atomic E-state index is -0.807. The lowest BCUT2D eigenvalue weighted by Crippen LogP contribution is -2.04. The zero-order valence-electron chi connectivity index (χ0n) is 6.04. The number of carbonyl (C=O) groups is 2. The number of thiol groups is 1. The molecule has 1 rings (SSSR count). The summed E-state index contributed by atoms with van der Waals surface area (Å²) in [5.74, 6) is -0.807. The Balaban J connectivity index is 3.00. The number of hydrogen-bond donors (Lipinski definition) is 1. The number of aromatic nitrogens is 2. The molecule has 0 aliphatic rings. The van der Waals surface area contributed by atoms with E-state index in [9.17, 15) is 9.59 Å². The van der Waals surface area contributed by atoms with Crippen LogP contribution in [0.4, 0.5) is 0 Å². The van der Waals surface area contributed by atoms with Crippen LogP contribution in [0.3, 0.4) is 0 Å². The third kappa shape index (κ3) is 1.88. The van der Waals surface area contributed by atoms with Gasteiger partial charge in [0.25, 0.3) is 0 Å². The van der Waals surface area contributed by atoms with Crippen LogP contribution in [0.5, 0.6) is 0 Å². The van der Waals surface area contributed by atoms with E-state index in [1.807, 2.05) is 0 Å². The molecule has 0 aliphatic carbocycles. The molecule has 4 nitrogen and oxygen atoms in total. The van der Waals surface area contributed by atoms with Gasteiger partial charge in [0.15, 0.2) is 0 Å². The van der Waals surface area contributed by atoms with Gasteiger partial charge in [-0.25, -0.2) is 9.97 Å². The maximum atomic E-state index is 10.3. The SMILES string of the molecule is O=CC(C=O)c1cc(S)ncn1. The van der Waals surface area contributed by atoms with Gasteiger partial charge in [-0.3, -0.25) is 0 Å². The van der Waals surface area contributed by atoms with E-state index in [4.69, 9.17) is 0 Å². The second-order valence-corrected chi connectivity index (χ2v) is 2.56. The molecular weight excluding hydrogens is 176 g/mol. The summed E-state index contributed by atoms with van der Waals surface area (Å²) in [6, 6.07) is 1.48. The Hall–Kier alpha value is -1.23. The molecule has 0 saturated heterocycles. The topological polar surface area (TPSA) is 59.9 Å². The lowest BCUT2D eigenvalue weighted by atomic mass is 10.1. The lowest BCUT2D eigenvalue weighted by molar-refractivity contribution is -0.116. The highest BCUT2D eigenvalue weighted by Gasteiger charge is 2.10. The van der Waals surface area contributed by atoms with Crippen LogP contribution in [0.15, 0.2) is 17.4 Å². The highest BCUT2D eigenvalue weighted by Crippen LogP contribution is 2.09. The monoisotopic (exact) mass is 182 g/mol. The van der Waals surface area contributed by atoms with E-state index >= 15 is 0 Å². The molecule has 0 N–H and O–H groups in total. The molecule has 0 aliphatic heterocycles. The Morgan fingerprint density at radius 2 is 2.00 bits per heavy atom. The van der Waals surface area contributed by atoms with Crippen LogP contribution in [-0.2, 0) is 9.59 Å². The standard InChI is InChI=1S/C7H6N2O2S/c10-2-5(3-11)6-1-7(12)9-4-8-6/h1-5H,(H,8,9,12). The Morgan fingerprint density at radius 3 is 2.50 bits per heavy atom. The smallest absolute Gasteiger partial charge is 0.136 e. The molecule has 0 amide bonds. The number of carbonyl (C=O) groups excluding carboxylic acids is 2. The van der Waals surface area contributed by atoms with Crippen LogP contribution in [0.2, 0.25) is 0 Å². The normalized spacial score (nSPS) is 9.83. The highest BCUT2D eigenvalue weighted by atomic mass is 32.1. The largest absolute Gasteiger partial charge is 0.302 e. The van der Waals surface area contributed by atoms with Gasteiger partial charge in [-0.05, 0) is 6.07 Å². The van der Waals surface area contributed by atoms with Gasteiger partial charge in [-0.15, -0.1) is 12.6 Å². The number of rotatable bonds is 3. The molecule has 62 valence electrons. The Labute approximate surface area is 74.4 Å². The zero-order chi connectivity index (χ0) is 8.97. The minimum Gasteiger partial charge on any atom is -0.302 e. The molecule has 1 aromatic heterocycles. The molecule has 0 bridgehead atoms. The summed E-state index contributed by atoms with van der Waals surface area (Å²) in [7, 11) is 0. The molecule has 0 unspecified atom stereocenters. The second kappa shape index (κ2) is 3.96. The zero-order valence-corrected chi connectivity index (χ0v) is 6.94. The van der Waals surface area contributed by atoms with Crippen LogP contribution < -0.4 is 0 Å². The van der Waals surface area contributed by atoms with E-state index in [1.54, 1.807) is 0 Å². The molecule has 0 saturated carbocycles. The van der Waals surface area contributed by atoms with Gasteiger partial charge in [0.2, 0.25) is 0 Å². The summed E-state index contributed by atoms with van der Waals surface area (Å²) in [5, 5.41) is 0.439. The molecule has 0 spiro atoms. The predicted octanol–water partition coefficient (Wildman–Crippen LogP) is 0.247. The molecule has 1 heterocycles. The summed E-state index contributed by atoms with van der Waals surface area (Å²) in [4.78, 5) is 28.1. The van der Waals surface area contributed by atoms with E-state index in [0.29, 0.717) is 23.3 Å². The van der Waals surface area contributed by atoms with Gasteiger partial charge in [-0.2, -0.15) is 0 Å². The number of aldehydes is 2. The molecule has 1 aromatic rings. The lowest BCUT2D eigenvalue weighted by Gasteiger charge is -2.00. The summed E-state index contributed by atoms with van der Waals surface area (Å²) in [5.41, 5.74) is 0.375. The quantitative estimate of drug-likeness (QED) is 0.315. The van der Waals surface area contributed by atoms with E-state index in [1.165, 1.54) is 12.4 Å². The fourth-order valence-corrected chi connectivity index (χ4v) is 0.899. The van der Waals surface area contributed by atoms with E-state index < -0.39 is 5.92 Å². The van der Waals surface area contributed by atoms with Crippen molar-refractivity contribution in [3.63, 3.8) is 0 Å². The minimum absolute atomic E-state index is 0.375. The second-order valence-electron chi connectivity index (χ2n) is 2.10. The van der Waals surface area contributed by atoms with Crippen LogP contribution in [0.1, 0.15) is 11.6 Å². The predicted molar refractivity (Wildman–Crippen MR) is 44.2 cm³/mol. The average molecular weight is 182 g/mol. The first-order valence-corrected chi connectivity index (χ1v) is 3.64. The van der Waals surface area contributed by atoms with Crippen molar-refractivity contribution in [2.45, 2.75) is 10.9 Å². The van der Waals surface area contributed by atoms with Crippen molar-refractivity contribution in [3.05, 3.63) is 18.1 Å². The van der Waals surface area contributed by atoms with Gasteiger partial charge in [-0.1, -0.05) is 0 Å². The van der Waals surface area contributed by atoms with Crippen LogP contribution in [-0.4, -0.2) is 22.5 Å². The third-order valence-corrected chi connectivity index (χ3v) is 1.55. The summed E-state index contributed by atoms with van der Waals surface area (Å²) in [6.07, 6.45) is 2.32. The highest BCUT2D eigenvalue weighted by molar-refractivity contribution is 7.80. The van der Waals surface area contributed by atoms with Crippen molar-refractivity contribution in [1.29, 1.82) is 0 Å². The van der Waals surface area contributed by atoms with Gasteiger partial charge < -0.3 is 9.59 Å². The molecule has 0 radical (unpaired) electrons. The molecule has 0 aromatic carbocycles. The number of hydrogen-bond acceptors (Lipinski definition) is 5. The van der Waals surface area contributed by atoms with Gasteiger partial charge in [0, 0.05) is 0 Å². The molecule has 5 heteroatoms. The van der Waals surface area contributed by atoms with Crippen LogP contribution >= 0.6 is 12.6 Å². The van der Waals surface area contributed by atoms with E-state index in [2.05, 4.69) is 22.6 Å². The van der Waals surface area contributed by atoms with Crippen LogP contribution in [0.25, 0.3) is 0 Å². The van der Waals surface area contributed by atoms with Gasteiger partial charge in [0.05, 0.1) is 10.7 Å². The fourth-order valence-electron chi connectivity index (χ4n) is 0.715. The third-order valence-electron chi connectivity index (χ3n) is 1.31. The Kier molecular flexibility index (Phi) is 2.93. The first kappa shape index (κ1) is 8.86. The van der Waals surface area contributed by atoms with Crippen molar-refractivity contribution < 1.29 is 9.59 Å². The van der Waals surface area contributed by atoms with E-state index in [0.717, 1.165) is 0 Å². The van der Waals surface area contributed by atoms with Crippen molar-refractivity contribution in [1.82, 2.24) is 9.97 Å². The van der Waals surface area contributed by atoms with Crippen molar-refractivity contribution in [3.8, 4) is 0 Å². The van der Waals surface area contributed by atoms with E-state index in [-0.39, 0.29) is 0 Å². The van der Waals surface area contributed by atoms with Gasteiger partial charge in [0.1, 0.15) is 24.8 Å². The number of nitrogens with zero attached hydrogens (tertiary/aromatic N) is 2. The van der Waals surface area contributed by atoms with Crippen molar-refractivity contribution in [2.75, 3.05) is 0 Å². The Morgan fingerprint density at radius 1 is 1.33 bits per heavy atom. The Bertz CT molecular complexity index is 295. The fraction of sp³-hybridized carbons (Fsp3) is 0.143. The van der Waals surface area contributed by atoms with Gasteiger partial charge >= 0.3 is 0 Å².